The first-order valence-corrected chi connectivity index (χ1v) is 8.10. The van der Waals surface area contributed by atoms with Gasteiger partial charge in [-0.05, 0) is 53.6 Å². The number of aromatic nitrogens is 1. The first kappa shape index (κ1) is 18.4. The molecule has 2 rings (SSSR count). The highest BCUT2D eigenvalue weighted by Gasteiger charge is 2.28. The summed E-state index contributed by atoms with van der Waals surface area (Å²) >= 11 is 1.94. The van der Waals surface area contributed by atoms with Gasteiger partial charge in [0.15, 0.2) is 11.5 Å². The number of nitrogens with zero attached hydrogens (tertiary/aromatic N) is 1. The average molecular weight is 445 g/mol. The Bertz CT molecular complexity index is 808. The summed E-state index contributed by atoms with van der Waals surface area (Å²) in [4.78, 5) is 16.7. The molecule has 0 bridgehead atoms. The molecule has 0 amide bonds. The van der Waals surface area contributed by atoms with Crippen molar-refractivity contribution in [3.05, 3.63) is 44.0 Å². The minimum absolute atomic E-state index is 0.0794. The second kappa shape index (κ2) is 7.33. The third kappa shape index (κ3) is 3.04. The summed E-state index contributed by atoms with van der Waals surface area (Å²) in [6.07, 6.45) is 1.40. The number of carbonyl (C=O) groups is 1. The standard InChI is InChI=1S/C17H17FINO4/c1-8-6-10(22-3)15(23-4)16(24-5)11(8)14(21)12-13(19)9(2)7-20-17(12)18/h6-7H,1-5H3. The van der Waals surface area contributed by atoms with Gasteiger partial charge in [0.25, 0.3) is 0 Å². The van der Waals surface area contributed by atoms with Crippen molar-refractivity contribution in [2.75, 3.05) is 21.3 Å². The van der Waals surface area contributed by atoms with Crippen molar-refractivity contribution < 1.29 is 23.4 Å². The highest BCUT2D eigenvalue weighted by molar-refractivity contribution is 14.1. The summed E-state index contributed by atoms with van der Waals surface area (Å²) in [6.45, 7) is 3.50. The minimum Gasteiger partial charge on any atom is -0.493 e. The molecule has 0 saturated heterocycles. The lowest BCUT2D eigenvalue weighted by Gasteiger charge is -2.18. The summed E-state index contributed by atoms with van der Waals surface area (Å²) in [5.74, 6) is -0.406. The first-order chi connectivity index (χ1) is 11.4. The van der Waals surface area contributed by atoms with Crippen molar-refractivity contribution >= 4 is 28.4 Å². The highest BCUT2D eigenvalue weighted by atomic mass is 127. The predicted molar refractivity (Wildman–Crippen MR) is 95.9 cm³/mol. The number of hydrogen-bond acceptors (Lipinski definition) is 5. The molecular weight excluding hydrogens is 428 g/mol. The van der Waals surface area contributed by atoms with Crippen LogP contribution >= 0.6 is 22.6 Å². The van der Waals surface area contributed by atoms with Crippen LogP contribution in [0.3, 0.4) is 0 Å². The van der Waals surface area contributed by atoms with Gasteiger partial charge in [-0.3, -0.25) is 4.79 Å². The predicted octanol–water partition coefficient (Wildman–Crippen LogP) is 3.70. The molecule has 2 aromatic rings. The summed E-state index contributed by atoms with van der Waals surface area (Å²) in [7, 11) is 4.36. The van der Waals surface area contributed by atoms with E-state index in [4.69, 9.17) is 14.2 Å². The first-order valence-electron chi connectivity index (χ1n) is 7.02. The number of benzene rings is 1. The van der Waals surface area contributed by atoms with Crippen LogP contribution in [-0.4, -0.2) is 32.1 Å². The third-order valence-corrected chi connectivity index (χ3v) is 5.02. The van der Waals surface area contributed by atoms with Crippen LogP contribution in [0.2, 0.25) is 0 Å². The number of ketones is 1. The van der Waals surface area contributed by atoms with E-state index in [0.29, 0.717) is 14.9 Å². The third-order valence-electron chi connectivity index (χ3n) is 3.62. The Balaban J connectivity index is 2.78. The normalized spacial score (nSPS) is 10.5. The number of hydrogen-bond donors (Lipinski definition) is 0. The average Bonchev–Trinajstić information content (AvgIpc) is 2.56. The van der Waals surface area contributed by atoms with Crippen LogP contribution in [0.25, 0.3) is 0 Å². The number of pyridine rings is 1. The Labute approximate surface area is 153 Å². The van der Waals surface area contributed by atoms with Crippen molar-refractivity contribution in [2.45, 2.75) is 13.8 Å². The molecule has 0 unspecified atom stereocenters. The SMILES string of the molecule is COc1cc(C)c(C(=O)c2c(F)ncc(C)c2I)c(OC)c1OC. The Kier molecular flexibility index (Phi) is 5.63. The van der Waals surface area contributed by atoms with Crippen LogP contribution in [0.1, 0.15) is 27.0 Å². The Morgan fingerprint density at radius 2 is 1.67 bits per heavy atom. The van der Waals surface area contributed by atoms with E-state index >= 15 is 0 Å². The fourth-order valence-corrected chi connectivity index (χ4v) is 3.05. The van der Waals surface area contributed by atoms with E-state index in [2.05, 4.69) is 4.98 Å². The number of carbonyl (C=O) groups excluding carboxylic acids is 1. The number of aryl methyl sites for hydroxylation is 2. The van der Waals surface area contributed by atoms with E-state index < -0.39 is 11.7 Å². The van der Waals surface area contributed by atoms with Gasteiger partial charge in [0.05, 0.1) is 32.5 Å². The minimum atomic E-state index is -0.814. The lowest BCUT2D eigenvalue weighted by Crippen LogP contribution is -2.13. The summed E-state index contributed by atoms with van der Waals surface area (Å²) in [5, 5.41) is 0. The smallest absolute Gasteiger partial charge is 0.225 e. The van der Waals surface area contributed by atoms with Crippen LogP contribution in [0, 0.1) is 23.4 Å². The number of rotatable bonds is 5. The molecule has 0 spiro atoms. The van der Waals surface area contributed by atoms with Crippen molar-refractivity contribution in [3.8, 4) is 17.2 Å². The van der Waals surface area contributed by atoms with Gasteiger partial charge in [-0.15, -0.1) is 0 Å². The number of ether oxygens (including phenoxy) is 3. The van der Waals surface area contributed by atoms with Crippen molar-refractivity contribution in [1.82, 2.24) is 4.98 Å². The maximum absolute atomic E-state index is 14.2. The fraction of sp³-hybridized carbons (Fsp3) is 0.294. The van der Waals surface area contributed by atoms with Crippen LogP contribution < -0.4 is 14.2 Å². The van der Waals surface area contributed by atoms with Gasteiger partial charge in [0.2, 0.25) is 17.5 Å². The maximum Gasteiger partial charge on any atom is 0.225 e. The molecule has 1 heterocycles. The van der Waals surface area contributed by atoms with E-state index in [-0.39, 0.29) is 22.6 Å². The lowest BCUT2D eigenvalue weighted by atomic mass is 9.97. The molecule has 0 atom stereocenters. The Morgan fingerprint density at radius 1 is 1.04 bits per heavy atom. The van der Waals surface area contributed by atoms with Gasteiger partial charge in [-0.25, -0.2) is 4.98 Å². The maximum atomic E-state index is 14.2. The second-order valence-corrected chi connectivity index (χ2v) is 6.17. The van der Waals surface area contributed by atoms with E-state index in [0.717, 1.165) is 5.56 Å². The zero-order valence-corrected chi connectivity index (χ0v) is 16.1. The van der Waals surface area contributed by atoms with Crippen LogP contribution in [0.15, 0.2) is 12.3 Å². The molecule has 0 saturated carbocycles. The molecule has 0 aliphatic rings. The molecule has 0 aliphatic heterocycles. The van der Waals surface area contributed by atoms with Crippen LogP contribution in [0.5, 0.6) is 17.2 Å². The Hall–Kier alpha value is -1.90. The van der Waals surface area contributed by atoms with Gasteiger partial charge in [0, 0.05) is 9.77 Å². The monoisotopic (exact) mass is 445 g/mol. The Morgan fingerprint density at radius 3 is 2.21 bits per heavy atom. The van der Waals surface area contributed by atoms with E-state index in [1.54, 1.807) is 19.9 Å². The quantitative estimate of drug-likeness (QED) is 0.399. The zero-order chi connectivity index (χ0) is 18.0. The molecule has 0 N–H and O–H groups in total. The molecule has 5 nitrogen and oxygen atoms in total. The van der Waals surface area contributed by atoms with Gasteiger partial charge in [0.1, 0.15) is 0 Å². The molecule has 1 aromatic heterocycles. The molecule has 128 valence electrons. The van der Waals surface area contributed by atoms with Crippen molar-refractivity contribution in [1.29, 1.82) is 0 Å². The van der Waals surface area contributed by atoms with Gasteiger partial charge in [-0.1, -0.05) is 0 Å². The molecular formula is C17H17FINO4. The summed E-state index contributed by atoms with van der Waals surface area (Å²) in [5.41, 5.74) is 1.45. The number of halogens is 2. The molecule has 0 radical (unpaired) electrons. The highest BCUT2D eigenvalue weighted by Crippen LogP contribution is 2.43. The summed E-state index contributed by atoms with van der Waals surface area (Å²) in [6, 6.07) is 1.66. The second-order valence-electron chi connectivity index (χ2n) is 5.09. The van der Waals surface area contributed by atoms with Crippen LogP contribution in [0.4, 0.5) is 4.39 Å². The lowest BCUT2D eigenvalue weighted by molar-refractivity contribution is 0.102. The van der Waals surface area contributed by atoms with Gasteiger partial charge < -0.3 is 14.2 Å². The molecule has 1 aromatic carbocycles. The largest absolute Gasteiger partial charge is 0.493 e. The van der Waals surface area contributed by atoms with E-state index in [1.807, 2.05) is 22.6 Å². The van der Waals surface area contributed by atoms with Gasteiger partial charge >= 0.3 is 0 Å². The topological polar surface area (TPSA) is 57.7 Å². The molecule has 0 fully saturated rings. The molecule has 0 aliphatic carbocycles. The fourth-order valence-electron chi connectivity index (χ4n) is 2.44. The summed E-state index contributed by atoms with van der Waals surface area (Å²) < 4.78 is 30.7. The number of methoxy groups -OCH3 is 3. The van der Waals surface area contributed by atoms with E-state index in [9.17, 15) is 9.18 Å². The van der Waals surface area contributed by atoms with E-state index in [1.165, 1.54) is 27.5 Å². The molecule has 7 heteroatoms. The molecule has 24 heavy (non-hydrogen) atoms. The van der Waals surface area contributed by atoms with Crippen molar-refractivity contribution in [3.63, 3.8) is 0 Å². The van der Waals surface area contributed by atoms with Gasteiger partial charge in [-0.2, -0.15) is 4.39 Å². The van der Waals surface area contributed by atoms with Crippen molar-refractivity contribution in [2.24, 2.45) is 0 Å². The zero-order valence-electron chi connectivity index (χ0n) is 14.0. The van der Waals surface area contributed by atoms with Crippen LogP contribution in [-0.2, 0) is 0 Å².